The summed E-state index contributed by atoms with van der Waals surface area (Å²) >= 11 is 1.61. The van der Waals surface area contributed by atoms with Crippen molar-refractivity contribution >= 4 is 33.2 Å². The van der Waals surface area contributed by atoms with E-state index in [1.807, 2.05) is 29.6 Å². The minimum atomic E-state index is -1.21. The Kier molecular flexibility index (Phi) is 3.34. The van der Waals surface area contributed by atoms with E-state index < -0.39 is 11.4 Å². The van der Waals surface area contributed by atoms with E-state index in [0.717, 1.165) is 28.5 Å². The lowest BCUT2D eigenvalue weighted by molar-refractivity contribution is -0.157. The molecule has 1 aliphatic carbocycles. The maximum absolute atomic E-state index is 12.2. The molecule has 3 nitrogen and oxygen atoms in total. The lowest BCUT2D eigenvalue weighted by Gasteiger charge is -2.31. The van der Waals surface area contributed by atoms with Crippen LogP contribution < -0.4 is 0 Å². The van der Waals surface area contributed by atoms with Gasteiger partial charge < -0.3 is 5.11 Å². The second-order valence-electron chi connectivity index (χ2n) is 5.45. The van der Waals surface area contributed by atoms with E-state index in [0.29, 0.717) is 19.3 Å². The molecule has 3 rings (SSSR count). The number of thiophene rings is 1. The Balaban J connectivity index is 2.02. The van der Waals surface area contributed by atoms with Gasteiger partial charge in [-0.2, -0.15) is 0 Å². The third-order valence-corrected chi connectivity index (χ3v) is 5.27. The molecule has 0 saturated heterocycles. The number of hydrogen-bond donors (Lipinski definition) is 1. The van der Waals surface area contributed by atoms with E-state index in [4.69, 9.17) is 0 Å². The highest BCUT2D eigenvalue weighted by Gasteiger charge is 2.47. The molecule has 1 fully saturated rings. The van der Waals surface area contributed by atoms with E-state index in [1.165, 1.54) is 0 Å². The highest BCUT2D eigenvalue weighted by Crippen LogP contribution is 2.39. The van der Waals surface area contributed by atoms with Crippen LogP contribution in [-0.4, -0.2) is 16.9 Å². The summed E-state index contributed by atoms with van der Waals surface area (Å²) in [6.45, 7) is 0. The van der Waals surface area contributed by atoms with Crippen LogP contribution in [-0.2, 0) is 16.0 Å². The molecule has 2 aromatic rings. The zero-order valence-electron chi connectivity index (χ0n) is 11.1. The van der Waals surface area contributed by atoms with Crippen molar-refractivity contribution in [1.82, 2.24) is 0 Å². The van der Waals surface area contributed by atoms with E-state index in [-0.39, 0.29) is 5.78 Å². The Morgan fingerprint density at radius 1 is 1.30 bits per heavy atom. The molecule has 0 bridgehead atoms. The van der Waals surface area contributed by atoms with Gasteiger partial charge in [-0.3, -0.25) is 9.59 Å². The highest BCUT2D eigenvalue weighted by molar-refractivity contribution is 7.17. The molecule has 4 heteroatoms. The Bertz CT molecular complexity index is 673. The number of fused-ring (bicyclic) bond motifs is 1. The zero-order chi connectivity index (χ0) is 14.2. The number of carbonyl (C=O) groups excluding carboxylic acids is 1. The number of carboxylic acid groups (broad SMARTS) is 1. The maximum Gasteiger partial charge on any atom is 0.317 e. The number of Topliss-reactive ketones (excluding diaryl/α,β-unsaturated/α-hetero) is 1. The van der Waals surface area contributed by atoms with Crippen LogP contribution >= 0.6 is 11.3 Å². The summed E-state index contributed by atoms with van der Waals surface area (Å²) < 4.78 is 1.14. The van der Waals surface area contributed by atoms with Gasteiger partial charge in [0, 0.05) is 11.1 Å². The van der Waals surface area contributed by atoms with Gasteiger partial charge in [0.25, 0.3) is 0 Å². The van der Waals surface area contributed by atoms with Crippen LogP contribution in [0.1, 0.15) is 31.2 Å². The van der Waals surface area contributed by atoms with Crippen LogP contribution in [0.4, 0.5) is 0 Å². The lowest BCUT2D eigenvalue weighted by atomic mass is 9.69. The fraction of sp³-hybridized carbons (Fsp3) is 0.375. The average Bonchev–Trinajstić information content (AvgIpc) is 2.84. The third kappa shape index (κ3) is 2.04. The predicted molar refractivity (Wildman–Crippen MR) is 79.1 cm³/mol. The lowest BCUT2D eigenvalue weighted by Crippen LogP contribution is -2.43. The van der Waals surface area contributed by atoms with Crippen molar-refractivity contribution in [1.29, 1.82) is 0 Å². The first-order valence-corrected chi connectivity index (χ1v) is 7.73. The van der Waals surface area contributed by atoms with Crippen molar-refractivity contribution in [2.75, 3.05) is 0 Å². The van der Waals surface area contributed by atoms with E-state index in [1.54, 1.807) is 11.3 Å². The maximum atomic E-state index is 12.2. The Hall–Kier alpha value is -1.68. The number of ketones is 1. The highest BCUT2D eigenvalue weighted by atomic mass is 32.1. The van der Waals surface area contributed by atoms with Gasteiger partial charge in [0.05, 0.1) is 0 Å². The number of carboxylic acids is 1. The van der Waals surface area contributed by atoms with Crippen molar-refractivity contribution in [2.24, 2.45) is 5.41 Å². The van der Waals surface area contributed by atoms with Crippen LogP contribution in [0.3, 0.4) is 0 Å². The van der Waals surface area contributed by atoms with Crippen LogP contribution in [0, 0.1) is 5.41 Å². The normalized spacial score (nSPS) is 23.1. The minimum Gasteiger partial charge on any atom is -0.480 e. The van der Waals surface area contributed by atoms with Crippen LogP contribution in [0.2, 0.25) is 0 Å². The smallest absolute Gasteiger partial charge is 0.317 e. The minimum absolute atomic E-state index is 0.105. The summed E-state index contributed by atoms with van der Waals surface area (Å²) in [6, 6.07) is 7.96. The molecule has 0 aliphatic heterocycles. The molecule has 1 aromatic heterocycles. The Labute approximate surface area is 121 Å². The number of benzene rings is 1. The first-order valence-electron chi connectivity index (χ1n) is 6.85. The van der Waals surface area contributed by atoms with Gasteiger partial charge in [0.15, 0.2) is 5.78 Å². The fourth-order valence-electron chi connectivity index (χ4n) is 3.07. The van der Waals surface area contributed by atoms with Crippen molar-refractivity contribution < 1.29 is 14.7 Å². The molecule has 0 amide bonds. The largest absolute Gasteiger partial charge is 0.480 e. The van der Waals surface area contributed by atoms with Crippen molar-refractivity contribution in [3.8, 4) is 0 Å². The molecule has 1 unspecified atom stereocenters. The summed E-state index contributed by atoms with van der Waals surface area (Å²) in [5.74, 6) is -1.07. The average molecular weight is 288 g/mol. The van der Waals surface area contributed by atoms with Crippen LogP contribution in [0.15, 0.2) is 29.6 Å². The quantitative estimate of drug-likeness (QED) is 0.877. The molecule has 1 N–H and O–H groups in total. The van der Waals surface area contributed by atoms with E-state index >= 15 is 0 Å². The van der Waals surface area contributed by atoms with Gasteiger partial charge >= 0.3 is 5.97 Å². The summed E-state index contributed by atoms with van der Waals surface area (Å²) in [5, 5.41) is 12.7. The second-order valence-corrected chi connectivity index (χ2v) is 6.36. The first-order chi connectivity index (χ1) is 9.63. The molecule has 1 atom stereocenters. The monoisotopic (exact) mass is 288 g/mol. The SMILES string of the molecule is O=C(O)C1(Cc2csc3ccccc23)CCCCC1=O. The number of carbonyl (C=O) groups is 2. The summed E-state index contributed by atoms with van der Waals surface area (Å²) in [7, 11) is 0. The van der Waals surface area contributed by atoms with Crippen LogP contribution in [0.5, 0.6) is 0 Å². The van der Waals surface area contributed by atoms with Gasteiger partial charge in [-0.1, -0.05) is 24.6 Å². The molecule has 1 saturated carbocycles. The second kappa shape index (κ2) is 5.02. The standard InChI is InChI=1S/C16H16O3S/c17-14-7-3-4-8-16(14,15(18)19)9-11-10-20-13-6-2-1-5-12(11)13/h1-2,5-6,10H,3-4,7-9H2,(H,18,19). The van der Waals surface area contributed by atoms with Crippen LogP contribution in [0.25, 0.3) is 10.1 Å². The van der Waals surface area contributed by atoms with Gasteiger partial charge in [0.1, 0.15) is 5.41 Å². The molecule has 1 aromatic carbocycles. The molecule has 1 aliphatic rings. The summed E-state index contributed by atoms with van der Waals surface area (Å²) in [5.41, 5.74) is -0.217. The van der Waals surface area contributed by atoms with Crippen molar-refractivity contribution in [2.45, 2.75) is 32.1 Å². The molecule has 0 spiro atoms. The Morgan fingerprint density at radius 2 is 2.10 bits per heavy atom. The zero-order valence-corrected chi connectivity index (χ0v) is 11.9. The fourth-order valence-corrected chi connectivity index (χ4v) is 4.04. The van der Waals surface area contributed by atoms with Gasteiger partial charge in [-0.15, -0.1) is 11.3 Å². The topological polar surface area (TPSA) is 54.4 Å². The molecule has 0 radical (unpaired) electrons. The van der Waals surface area contributed by atoms with Gasteiger partial charge in [-0.05, 0) is 41.7 Å². The number of aliphatic carboxylic acids is 1. The van der Waals surface area contributed by atoms with Gasteiger partial charge in [0.2, 0.25) is 0 Å². The molecular weight excluding hydrogens is 272 g/mol. The molecule has 1 heterocycles. The first kappa shape index (κ1) is 13.3. The molecule has 104 valence electrons. The van der Waals surface area contributed by atoms with Crippen molar-refractivity contribution in [3.63, 3.8) is 0 Å². The van der Waals surface area contributed by atoms with Gasteiger partial charge in [-0.25, -0.2) is 0 Å². The summed E-state index contributed by atoms with van der Waals surface area (Å²) in [4.78, 5) is 24.0. The number of rotatable bonds is 3. The third-order valence-electron chi connectivity index (χ3n) is 4.25. The molecule has 20 heavy (non-hydrogen) atoms. The predicted octanol–water partition coefficient (Wildman–Crippen LogP) is 3.66. The van der Waals surface area contributed by atoms with E-state index in [9.17, 15) is 14.7 Å². The van der Waals surface area contributed by atoms with Crippen molar-refractivity contribution in [3.05, 3.63) is 35.2 Å². The Morgan fingerprint density at radius 3 is 2.85 bits per heavy atom. The molecular formula is C16H16O3S. The number of hydrogen-bond acceptors (Lipinski definition) is 3. The summed E-state index contributed by atoms with van der Waals surface area (Å²) in [6.07, 6.45) is 2.82. The van der Waals surface area contributed by atoms with E-state index in [2.05, 4.69) is 0 Å².